The molecule has 63 heavy (non-hydrogen) atoms. The SMILES string of the molecule is O=C(O)CCC(NC(=O)NC(CCCCNC(=O)CCCCCCC(=O)NC(CCCCNC(c1ccccn1)c1ccccn1)C(=O)O)C(=O)O)C(=O)O.[Br-].[Br-].[Br-].[Br-].[Br-].[Br-].[Br-].[Re+7]. The molecule has 2 aromatic heterocycles. The van der Waals surface area contributed by atoms with Gasteiger partial charge in [0.15, 0.2) is 0 Å². The monoisotopic (exact) mass is 1510 g/mol. The van der Waals surface area contributed by atoms with Crippen molar-refractivity contribution in [3.63, 3.8) is 0 Å². The summed E-state index contributed by atoms with van der Waals surface area (Å²) in [5.74, 6) is -5.63. The molecular weight excluding hydrogens is 1460 g/mol. The number of nitrogens with zero attached hydrogens (tertiary/aromatic N) is 2. The third kappa shape index (κ3) is 35.3. The number of aromatic nitrogens is 2. The molecule has 2 rings (SSSR count). The number of amides is 4. The maximum absolute atomic E-state index is 12.4. The zero-order valence-electron chi connectivity index (χ0n) is 33.8. The number of carbonyl (C=O) groups is 7. The minimum Gasteiger partial charge on any atom is -1.00 e. The Labute approximate surface area is 454 Å². The number of rotatable bonds is 29. The van der Waals surface area contributed by atoms with E-state index in [1.165, 1.54) is 0 Å². The summed E-state index contributed by atoms with van der Waals surface area (Å²) in [5, 5.41) is 49.9. The fourth-order valence-electron chi connectivity index (χ4n) is 5.55. The number of urea groups is 1. The first kappa shape index (κ1) is 75.7. The van der Waals surface area contributed by atoms with Crippen molar-refractivity contribution in [3.8, 4) is 0 Å². The Kier molecular flexibility index (Phi) is 54.7. The number of carbonyl (C=O) groups excluding carboxylic acids is 3. The standard InChI is InChI=1S/C37H53N7O11.7BrH.Re/c45-30(40-23-11-7-16-28(35(51)52)43-37(55)44-29(36(53)54)19-20-32(47)48)17-3-1-2-4-18-31(46)42-27(34(49)50)15-8-12-24-41-33(25-13-5-9-21-38-25)26-14-6-10-22-39-26;;;;;;;;/h5-6,9-10,13-14,21-22,27-29,33,41H,1-4,7-8,11-12,15-20,23-24H2,(H,40,45)(H,42,46)(H,47,48)(H,49,50)(H,51,52)(H,53,54)(H2,43,44,55);7*1H;/q;;;;;;;;+7/p-7. The molecule has 358 valence electrons. The second-order valence-corrected chi connectivity index (χ2v) is 12.9. The van der Waals surface area contributed by atoms with Gasteiger partial charge in [-0.25, -0.2) is 19.2 Å². The number of hydrogen-bond donors (Lipinski definition) is 9. The van der Waals surface area contributed by atoms with Gasteiger partial charge in [-0.1, -0.05) is 25.0 Å². The molecule has 0 fully saturated rings. The summed E-state index contributed by atoms with van der Waals surface area (Å²) in [7, 11) is 0. The predicted molar refractivity (Wildman–Crippen MR) is 198 cm³/mol. The Hall–Kier alpha value is -1.63. The molecule has 0 aliphatic heterocycles. The van der Waals surface area contributed by atoms with Crippen molar-refractivity contribution in [3.05, 3.63) is 60.2 Å². The van der Waals surface area contributed by atoms with E-state index in [4.69, 9.17) is 10.2 Å². The number of nitrogens with one attached hydrogen (secondary N) is 5. The minimum atomic E-state index is -1.50. The van der Waals surface area contributed by atoms with Gasteiger partial charge >= 0.3 is 50.3 Å². The molecular formula is C37H53Br7N7O11Re. The fourth-order valence-corrected chi connectivity index (χ4v) is 5.55. The van der Waals surface area contributed by atoms with Crippen LogP contribution in [0.15, 0.2) is 48.8 Å². The zero-order valence-corrected chi connectivity index (χ0v) is 47.6. The molecule has 2 heterocycles. The van der Waals surface area contributed by atoms with Gasteiger partial charge in [0.1, 0.15) is 18.1 Å². The molecule has 3 atom stereocenters. The van der Waals surface area contributed by atoms with E-state index in [0.29, 0.717) is 57.9 Å². The molecule has 0 spiro atoms. The number of pyridine rings is 2. The summed E-state index contributed by atoms with van der Waals surface area (Å²) < 4.78 is 0. The molecule has 3 unspecified atom stereocenters. The van der Waals surface area contributed by atoms with Crippen LogP contribution in [0.4, 0.5) is 4.79 Å². The van der Waals surface area contributed by atoms with Crippen LogP contribution in [0.5, 0.6) is 0 Å². The van der Waals surface area contributed by atoms with E-state index >= 15 is 0 Å². The third-order valence-corrected chi connectivity index (χ3v) is 8.52. The van der Waals surface area contributed by atoms with Crippen LogP contribution in [0.1, 0.15) is 107 Å². The molecule has 26 heteroatoms. The number of hydrogen-bond acceptors (Lipinski definition) is 10. The minimum absolute atomic E-state index is 0. The van der Waals surface area contributed by atoms with Crippen molar-refractivity contribution in [2.45, 2.75) is 114 Å². The van der Waals surface area contributed by atoms with E-state index in [2.05, 4.69) is 36.6 Å². The molecule has 18 nitrogen and oxygen atoms in total. The van der Waals surface area contributed by atoms with Crippen molar-refractivity contribution < 1.29 is 193 Å². The van der Waals surface area contributed by atoms with Crippen LogP contribution in [0, 0.1) is 0 Å². The maximum atomic E-state index is 12.4. The Balaban J connectivity index is -0.000000784. The third-order valence-electron chi connectivity index (χ3n) is 8.52. The first-order chi connectivity index (χ1) is 26.4. The first-order valence-corrected chi connectivity index (χ1v) is 18.5. The second-order valence-electron chi connectivity index (χ2n) is 12.9. The van der Waals surface area contributed by atoms with Crippen LogP contribution in [-0.4, -0.2) is 103 Å². The van der Waals surface area contributed by atoms with Gasteiger partial charge in [-0.05, 0) is 88.6 Å². The van der Waals surface area contributed by atoms with E-state index in [-0.39, 0.29) is 196 Å². The summed E-state index contributed by atoms with van der Waals surface area (Å²) in [6, 6.07) is 6.27. The molecule has 2 aromatic rings. The molecule has 9 N–H and O–H groups in total. The van der Waals surface area contributed by atoms with Crippen molar-refractivity contribution >= 4 is 41.7 Å². The molecule has 0 aliphatic carbocycles. The van der Waals surface area contributed by atoms with Crippen molar-refractivity contribution in [2.24, 2.45) is 0 Å². The Bertz CT molecular complexity index is 1510. The molecule has 0 saturated carbocycles. The van der Waals surface area contributed by atoms with Crippen LogP contribution in [0.2, 0.25) is 0 Å². The number of halogens is 7. The molecule has 0 aromatic carbocycles. The summed E-state index contributed by atoms with van der Waals surface area (Å²) in [6.07, 6.45) is 7.85. The van der Waals surface area contributed by atoms with E-state index in [9.17, 15) is 43.8 Å². The van der Waals surface area contributed by atoms with Crippen molar-refractivity contribution in [1.29, 1.82) is 0 Å². The van der Waals surface area contributed by atoms with E-state index < -0.39 is 54.5 Å². The number of unbranched alkanes of at least 4 members (excludes halogenated alkanes) is 5. The van der Waals surface area contributed by atoms with E-state index in [0.717, 1.165) is 11.4 Å². The van der Waals surface area contributed by atoms with Gasteiger partial charge in [-0.3, -0.25) is 24.4 Å². The van der Waals surface area contributed by atoms with Crippen LogP contribution in [0.3, 0.4) is 0 Å². The number of aliphatic carboxylic acids is 4. The molecule has 0 saturated heterocycles. The van der Waals surface area contributed by atoms with Crippen LogP contribution in [0.25, 0.3) is 0 Å². The van der Waals surface area contributed by atoms with Crippen molar-refractivity contribution in [2.75, 3.05) is 13.1 Å². The number of carboxylic acids is 4. The van der Waals surface area contributed by atoms with Gasteiger partial charge < -0.3 is 166 Å². The fraction of sp³-hybridized carbons (Fsp3) is 0.541. The topological polar surface area (TPSA) is 286 Å². The Morgan fingerprint density at radius 2 is 0.921 bits per heavy atom. The zero-order chi connectivity index (χ0) is 40.4. The average molecular weight is 1520 g/mol. The van der Waals surface area contributed by atoms with Crippen LogP contribution < -0.4 is 145 Å². The van der Waals surface area contributed by atoms with Crippen LogP contribution >= 0.6 is 0 Å². The normalized spacial score (nSPS) is 10.9. The molecule has 4 amide bonds. The first-order valence-electron chi connectivity index (χ1n) is 18.5. The summed E-state index contributed by atoms with van der Waals surface area (Å²) in [6.45, 7) is 0.883. The smallest absolute Gasteiger partial charge is 1.00 e. The van der Waals surface area contributed by atoms with E-state index in [1.807, 2.05) is 36.4 Å². The average Bonchev–Trinajstić information content (AvgIpc) is 3.15. The van der Waals surface area contributed by atoms with Gasteiger partial charge in [-0.2, -0.15) is 0 Å². The van der Waals surface area contributed by atoms with E-state index in [1.54, 1.807) is 12.4 Å². The Morgan fingerprint density at radius 1 is 0.492 bits per heavy atom. The van der Waals surface area contributed by atoms with Gasteiger partial charge in [0, 0.05) is 38.2 Å². The van der Waals surface area contributed by atoms with Gasteiger partial charge in [0.05, 0.1) is 17.4 Å². The van der Waals surface area contributed by atoms with Crippen LogP contribution in [-0.2, 0) is 49.2 Å². The largest absolute Gasteiger partial charge is 7.00 e. The number of carboxylic acid groups (broad SMARTS) is 4. The molecule has 0 bridgehead atoms. The van der Waals surface area contributed by atoms with Gasteiger partial charge in [0.2, 0.25) is 11.8 Å². The quantitative estimate of drug-likeness (QED) is 0.0343. The van der Waals surface area contributed by atoms with Gasteiger partial charge in [0.25, 0.3) is 0 Å². The predicted octanol–water partition coefficient (Wildman–Crippen LogP) is -18.4. The van der Waals surface area contributed by atoms with Crippen molar-refractivity contribution in [1.82, 2.24) is 36.6 Å². The molecule has 0 aliphatic rings. The summed E-state index contributed by atoms with van der Waals surface area (Å²) in [4.78, 5) is 90.9. The summed E-state index contributed by atoms with van der Waals surface area (Å²) in [5.41, 5.74) is 1.65. The summed E-state index contributed by atoms with van der Waals surface area (Å²) >= 11 is 0. The molecule has 0 radical (unpaired) electrons. The Morgan fingerprint density at radius 3 is 1.35 bits per heavy atom. The second kappa shape index (κ2) is 45.5. The van der Waals surface area contributed by atoms with Gasteiger partial charge in [-0.15, -0.1) is 0 Å². The maximum Gasteiger partial charge on any atom is 7.00 e.